The lowest BCUT2D eigenvalue weighted by atomic mass is 9.95. The van der Waals surface area contributed by atoms with Gasteiger partial charge in [-0.25, -0.2) is 0 Å². The van der Waals surface area contributed by atoms with Crippen molar-refractivity contribution in [1.29, 1.82) is 0 Å². The summed E-state index contributed by atoms with van der Waals surface area (Å²) in [6.07, 6.45) is 3.74. The average Bonchev–Trinajstić information content (AvgIpc) is 2.33. The minimum atomic E-state index is 0.00358. The molecule has 1 aromatic heterocycles. The van der Waals surface area contributed by atoms with Gasteiger partial charge in [0.15, 0.2) is 0 Å². The van der Waals surface area contributed by atoms with Gasteiger partial charge in [0, 0.05) is 22.9 Å². The molecule has 0 aromatic carbocycles. The third kappa shape index (κ3) is 0.894. The smallest absolute Gasteiger partial charge is 0.212 e. The molecule has 1 heterocycles. The molecule has 0 aliphatic heterocycles. The van der Waals surface area contributed by atoms with E-state index in [0.29, 0.717) is 0 Å². The quantitative estimate of drug-likeness (QED) is 0.651. The van der Waals surface area contributed by atoms with Crippen LogP contribution in [-0.2, 0) is 12.8 Å². The van der Waals surface area contributed by atoms with Crippen LogP contribution >= 0.6 is 11.8 Å². The molecule has 1 aliphatic carbocycles. The first-order valence-corrected chi connectivity index (χ1v) is 4.36. The monoisotopic (exact) mass is 187 g/mol. The summed E-state index contributed by atoms with van der Waals surface area (Å²) in [5, 5.41) is 18.9. The van der Waals surface area contributed by atoms with Crippen LogP contribution in [0.15, 0.2) is 0 Å². The van der Waals surface area contributed by atoms with E-state index in [-0.39, 0.29) is 11.8 Å². The number of rotatable bonds is 0. The molecule has 2 N–H and O–H groups in total. The van der Waals surface area contributed by atoms with E-state index in [9.17, 15) is 10.2 Å². The maximum absolute atomic E-state index is 9.44. The predicted octanol–water partition coefficient (Wildman–Crippen LogP) is 1.78. The van der Waals surface area contributed by atoms with Crippen molar-refractivity contribution in [2.24, 2.45) is 0 Å². The molecule has 0 radical (unpaired) electrons. The summed E-state index contributed by atoms with van der Waals surface area (Å²) in [7, 11) is 0. The van der Waals surface area contributed by atoms with Crippen molar-refractivity contribution in [2.75, 3.05) is 0 Å². The Labute approximate surface area is 75.3 Å². The molecule has 0 fully saturated rings. The van der Waals surface area contributed by atoms with Crippen LogP contribution in [0.1, 0.15) is 24.0 Å². The van der Waals surface area contributed by atoms with Crippen molar-refractivity contribution in [3.8, 4) is 11.8 Å². The lowest BCUT2D eigenvalue weighted by Crippen LogP contribution is -1.98. The van der Waals surface area contributed by atoms with Gasteiger partial charge < -0.3 is 10.2 Å². The van der Waals surface area contributed by atoms with Crippen LogP contribution in [0.3, 0.4) is 0 Å². The molecule has 0 spiro atoms. The summed E-state index contributed by atoms with van der Waals surface area (Å²) >= 11 is 5.61. The van der Waals surface area contributed by atoms with E-state index < -0.39 is 0 Å². The van der Waals surface area contributed by atoms with Gasteiger partial charge in [-0.2, -0.15) is 4.09 Å². The first-order valence-electron chi connectivity index (χ1n) is 4.02. The van der Waals surface area contributed by atoms with Gasteiger partial charge in [-0.1, -0.05) is 0 Å². The Bertz CT molecular complexity index is 290. The Morgan fingerprint density at radius 3 is 1.83 bits per heavy atom. The van der Waals surface area contributed by atoms with Gasteiger partial charge in [-0.3, -0.25) is 0 Å². The zero-order valence-corrected chi connectivity index (χ0v) is 7.30. The summed E-state index contributed by atoms with van der Waals surface area (Å²) in [6, 6.07) is 0. The fourth-order valence-electron chi connectivity index (χ4n) is 1.74. The zero-order chi connectivity index (χ0) is 8.72. The van der Waals surface area contributed by atoms with E-state index in [0.717, 1.165) is 40.9 Å². The van der Waals surface area contributed by atoms with Crippen LogP contribution in [0, 0.1) is 0 Å². The first-order chi connectivity index (χ1) is 5.72. The normalized spacial score (nSPS) is 16.1. The van der Waals surface area contributed by atoms with Crippen molar-refractivity contribution in [2.45, 2.75) is 25.7 Å². The molecule has 0 saturated carbocycles. The summed E-state index contributed by atoms with van der Waals surface area (Å²) < 4.78 is 0.927. The summed E-state index contributed by atoms with van der Waals surface area (Å²) in [5.41, 5.74) is 1.63. The maximum Gasteiger partial charge on any atom is 0.212 e. The number of fused-ring (bicyclic) bond motifs is 1. The van der Waals surface area contributed by atoms with Crippen molar-refractivity contribution in [3.63, 3.8) is 0 Å². The second-order valence-corrected chi connectivity index (χ2v) is 3.43. The summed E-state index contributed by atoms with van der Waals surface area (Å²) in [6.45, 7) is 0. The lowest BCUT2D eigenvalue weighted by molar-refractivity contribution is 0.411. The van der Waals surface area contributed by atoms with Crippen molar-refractivity contribution in [3.05, 3.63) is 11.1 Å². The van der Waals surface area contributed by atoms with Crippen LogP contribution < -0.4 is 0 Å². The van der Waals surface area contributed by atoms with E-state index in [1.165, 1.54) is 0 Å². The molecule has 1 aromatic rings. The van der Waals surface area contributed by atoms with Gasteiger partial charge in [-0.05, 0) is 25.7 Å². The number of hydrogen-bond acceptors (Lipinski definition) is 2. The highest BCUT2D eigenvalue weighted by Crippen LogP contribution is 2.38. The maximum atomic E-state index is 9.44. The lowest BCUT2D eigenvalue weighted by Gasteiger charge is -2.09. The molecule has 2 rings (SSSR count). The van der Waals surface area contributed by atoms with Crippen LogP contribution in [0.4, 0.5) is 0 Å². The Balaban J connectivity index is 2.60. The molecule has 66 valence electrons. The highest BCUT2D eigenvalue weighted by Gasteiger charge is 2.23. The Hall–Kier alpha value is -0.830. The van der Waals surface area contributed by atoms with Gasteiger partial charge in [-0.15, -0.1) is 0 Å². The van der Waals surface area contributed by atoms with E-state index in [1.54, 1.807) is 0 Å². The molecule has 0 bridgehead atoms. The van der Waals surface area contributed by atoms with Crippen molar-refractivity contribution in [1.82, 2.24) is 4.09 Å². The van der Waals surface area contributed by atoms with Crippen molar-refractivity contribution < 1.29 is 10.2 Å². The molecule has 4 heteroatoms. The zero-order valence-electron chi connectivity index (χ0n) is 6.55. The highest BCUT2D eigenvalue weighted by atomic mass is 35.5. The van der Waals surface area contributed by atoms with Gasteiger partial charge in [0.05, 0.1) is 0 Å². The molecule has 0 atom stereocenters. The topological polar surface area (TPSA) is 45.4 Å². The van der Waals surface area contributed by atoms with E-state index >= 15 is 0 Å². The fourth-order valence-corrected chi connectivity index (χ4v) is 1.94. The third-order valence-electron chi connectivity index (χ3n) is 2.38. The first kappa shape index (κ1) is 7.80. The van der Waals surface area contributed by atoms with E-state index in [2.05, 4.69) is 0 Å². The molecule has 0 amide bonds. The van der Waals surface area contributed by atoms with E-state index in [1.807, 2.05) is 0 Å². The largest absolute Gasteiger partial charge is 0.493 e. The highest BCUT2D eigenvalue weighted by molar-refractivity contribution is 6.17. The van der Waals surface area contributed by atoms with Gasteiger partial charge in [0.2, 0.25) is 11.8 Å². The molecule has 0 unspecified atom stereocenters. The summed E-state index contributed by atoms with van der Waals surface area (Å²) in [4.78, 5) is 0. The molecule has 3 nitrogen and oxygen atoms in total. The minimum absolute atomic E-state index is 0.00358. The predicted molar refractivity (Wildman–Crippen MR) is 45.7 cm³/mol. The van der Waals surface area contributed by atoms with Crippen molar-refractivity contribution >= 4 is 11.8 Å². The Morgan fingerprint density at radius 1 is 1.00 bits per heavy atom. The number of hydrogen-bond donors (Lipinski definition) is 2. The van der Waals surface area contributed by atoms with Gasteiger partial charge in [0.1, 0.15) is 0 Å². The van der Waals surface area contributed by atoms with Crippen LogP contribution in [0.25, 0.3) is 0 Å². The standard InChI is InChI=1S/C8H10ClNO2/c9-10-7(11)5-3-1-2-4-6(5)8(10)12/h11-12H,1-4H2. The number of aromatic hydroxyl groups is 2. The Morgan fingerprint density at radius 2 is 1.42 bits per heavy atom. The van der Waals surface area contributed by atoms with E-state index in [4.69, 9.17) is 11.8 Å². The molecule has 12 heavy (non-hydrogen) atoms. The van der Waals surface area contributed by atoms with Crippen LogP contribution in [-0.4, -0.2) is 14.3 Å². The van der Waals surface area contributed by atoms with Crippen LogP contribution in [0.2, 0.25) is 0 Å². The second kappa shape index (κ2) is 2.59. The molecule has 0 saturated heterocycles. The SMILES string of the molecule is Oc1c2c(c(O)n1Cl)CCCC2. The van der Waals surface area contributed by atoms with Gasteiger partial charge in [0.25, 0.3) is 0 Å². The molecular weight excluding hydrogens is 178 g/mol. The molecule has 1 aliphatic rings. The second-order valence-electron chi connectivity index (χ2n) is 3.09. The summed E-state index contributed by atoms with van der Waals surface area (Å²) in [5.74, 6) is 0.00716. The average molecular weight is 188 g/mol. The van der Waals surface area contributed by atoms with Crippen LogP contribution in [0.5, 0.6) is 11.8 Å². The number of nitrogens with zero attached hydrogens (tertiary/aromatic N) is 1. The molecular formula is C8H10ClNO2. The number of aromatic nitrogens is 1. The number of halogens is 1. The van der Waals surface area contributed by atoms with Gasteiger partial charge >= 0.3 is 0 Å². The Kier molecular flexibility index (Phi) is 1.68. The fraction of sp³-hybridized carbons (Fsp3) is 0.500. The third-order valence-corrected chi connectivity index (χ3v) is 2.70. The minimum Gasteiger partial charge on any atom is -0.493 e.